The van der Waals surface area contributed by atoms with Crippen LogP contribution in [0.15, 0.2) is 27.6 Å². The molecule has 7 heteroatoms. The fourth-order valence-electron chi connectivity index (χ4n) is 0.942. The predicted octanol–water partition coefficient (Wildman–Crippen LogP) is 3.66. The van der Waals surface area contributed by atoms with Crippen molar-refractivity contribution in [2.24, 2.45) is 0 Å². The number of hydrogen-bond acceptors (Lipinski definition) is 3. The second-order valence-electron chi connectivity index (χ2n) is 2.82. The first-order valence-corrected chi connectivity index (χ1v) is 6.05. The molecule has 0 amide bonds. The Bertz CT molecular complexity index is 359. The molecule has 0 atom stereocenters. The van der Waals surface area contributed by atoms with Crippen LogP contribution in [0, 0.1) is 0 Å². The summed E-state index contributed by atoms with van der Waals surface area (Å²) in [6.07, 6.45) is -4.57. The number of anilines is 1. The van der Waals surface area contributed by atoms with Crippen molar-refractivity contribution in [3.8, 4) is 0 Å². The highest BCUT2D eigenvalue weighted by Gasteiger charge is 2.28. The number of thioether (sulfide) groups is 1. The number of nitrogen functional groups attached to an aromatic ring is 1. The van der Waals surface area contributed by atoms with Crippen molar-refractivity contribution in [3.63, 3.8) is 0 Å². The molecule has 16 heavy (non-hydrogen) atoms. The van der Waals surface area contributed by atoms with E-state index in [2.05, 4.69) is 20.7 Å². The molecule has 0 unspecified atom stereocenters. The Morgan fingerprint density at radius 3 is 2.69 bits per heavy atom. The van der Waals surface area contributed by atoms with Gasteiger partial charge in [-0.15, -0.1) is 24.9 Å². The quantitative estimate of drug-likeness (QED) is 0.523. The van der Waals surface area contributed by atoms with E-state index in [-0.39, 0.29) is 12.4 Å². The highest BCUT2D eigenvalue weighted by molar-refractivity contribution is 9.10. The molecule has 0 aliphatic carbocycles. The van der Waals surface area contributed by atoms with Crippen molar-refractivity contribution in [2.45, 2.75) is 11.3 Å². The summed E-state index contributed by atoms with van der Waals surface area (Å²) in [5.41, 5.74) is 6.19. The maximum atomic E-state index is 11.7. The van der Waals surface area contributed by atoms with E-state index in [1.807, 2.05) is 0 Å². The summed E-state index contributed by atoms with van der Waals surface area (Å²) < 4.78 is 39.5. The minimum atomic E-state index is -4.57. The van der Waals surface area contributed by atoms with Crippen molar-refractivity contribution >= 4 is 33.4 Å². The average Bonchev–Trinajstić information content (AvgIpc) is 2.16. The Balaban J connectivity index is 2.40. The van der Waals surface area contributed by atoms with Crippen LogP contribution in [0.5, 0.6) is 0 Å². The SMILES string of the molecule is Nc1ccc(Br)cc1SCCOC(F)(F)F. The Morgan fingerprint density at radius 2 is 2.06 bits per heavy atom. The number of nitrogens with two attached hydrogens (primary N) is 1. The van der Waals surface area contributed by atoms with Crippen LogP contribution in [-0.2, 0) is 4.74 Å². The summed E-state index contributed by atoms with van der Waals surface area (Å²) in [5, 5.41) is 0. The molecule has 1 rings (SSSR count). The van der Waals surface area contributed by atoms with Gasteiger partial charge in [-0.3, -0.25) is 4.74 Å². The largest absolute Gasteiger partial charge is 0.522 e. The van der Waals surface area contributed by atoms with E-state index >= 15 is 0 Å². The van der Waals surface area contributed by atoms with Gasteiger partial charge >= 0.3 is 6.36 Å². The standard InChI is InChI=1S/C9H9BrF3NOS/c10-6-1-2-7(14)8(5-6)16-4-3-15-9(11,12)13/h1-2,5H,3-4,14H2. The molecular formula is C9H9BrF3NOS. The molecule has 0 aliphatic rings. The van der Waals surface area contributed by atoms with Gasteiger partial charge in [-0.2, -0.15) is 0 Å². The van der Waals surface area contributed by atoms with Crippen molar-refractivity contribution in [1.82, 2.24) is 0 Å². The first-order chi connectivity index (χ1) is 7.38. The molecule has 1 aromatic carbocycles. The number of benzene rings is 1. The lowest BCUT2D eigenvalue weighted by molar-refractivity contribution is -0.322. The van der Waals surface area contributed by atoms with E-state index in [0.717, 1.165) is 9.37 Å². The molecule has 0 aliphatic heterocycles. The Labute approximate surface area is 103 Å². The molecule has 2 N–H and O–H groups in total. The third-order valence-electron chi connectivity index (χ3n) is 1.58. The van der Waals surface area contributed by atoms with E-state index < -0.39 is 6.36 Å². The zero-order chi connectivity index (χ0) is 12.2. The van der Waals surface area contributed by atoms with Crippen LogP contribution in [0.25, 0.3) is 0 Å². The molecule has 0 radical (unpaired) electrons. The minimum Gasteiger partial charge on any atom is -0.398 e. The molecule has 90 valence electrons. The maximum Gasteiger partial charge on any atom is 0.522 e. The molecule has 1 aromatic rings. The lowest BCUT2D eigenvalue weighted by atomic mass is 10.3. The molecule has 0 bridgehead atoms. The minimum absolute atomic E-state index is 0.195. The van der Waals surface area contributed by atoms with Crippen LogP contribution in [0.4, 0.5) is 18.9 Å². The van der Waals surface area contributed by atoms with Crippen LogP contribution in [-0.4, -0.2) is 18.7 Å². The Morgan fingerprint density at radius 1 is 1.38 bits per heavy atom. The fourth-order valence-corrected chi connectivity index (χ4v) is 2.29. The number of rotatable bonds is 4. The molecule has 0 heterocycles. The molecule has 0 aromatic heterocycles. The average molecular weight is 316 g/mol. The molecule has 0 fully saturated rings. The first kappa shape index (κ1) is 13.7. The van der Waals surface area contributed by atoms with Gasteiger partial charge in [0.15, 0.2) is 0 Å². The van der Waals surface area contributed by atoms with E-state index in [1.54, 1.807) is 18.2 Å². The van der Waals surface area contributed by atoms with Crippen LogP contribution in [0.1, 0.15) is 0 Å². The van der Waals surface area contributed by atoms with E-state index in [9.17, 15) is 13.2 Å². The van der Waals surface area contributed by atoms with Crippen LogP contribution in [0.3, 0.4) is 0 Å². The molecule has 2 nitrogen and oxygen atoms in total. The first-order valence-electron chi connectivity index (χ1n) is 4.27. The maximum absolute atomic E-state index is 11.7. The van der Waals surface area contributed by atoms with Crippen molar-refractivity contribution < 1.29 is 17.9 Å². The number of hydrogen-bond donors (Lipinski definition) is 1. The highest BCUT2D eigenvalue weighted by Crippen LogP contribution is 2.28. The van der Waals surface area contributed by atoms with E-state index in [4.69, 9.17) is 5.73 Å². The summed E-state index contributed by atoms with van der Waals surface area (Å²) in [5.74, 6) is 0.195. The van der Waals surface area contributed by atoms with Gasteiger partial charge in [0.25, 0.3) is 0 Å². The summed E-state index contributed by atoms with van der Waals surface area (Å²) >= 11 is 4.48. The van der Waals surface area contributed by atoms with Crippen molar-refractivity contribution in [3.05, 3.63) is 22.7 Å². The molecule has 0 saturated carbocycles. The molecular weight excluding hydrogens is 307 g/mol. The zero-order valence-electron chi connectivity index (χ0n) is 8.05. The monoisotopic (exact) mass is 315 g/mol. The van der Waals surface area contributed by atoms with Gasteiger partial charge < -0.3 is 5.73 Å². The van der Waals surface area contributed by atoms with Gasteiger partial charge in [0.2, 0.25) is 0 Å². The second-order valence-corrected chi connectivity index (χ2v) is 4.88. The van der Waals surface area contributed by atoms with Gasteiger partial charge in [0, 0.05) is 20.8 Å². The Kier molecular flexibility index (Phi) is 4.94. The van der Waals surface area contributed by atoms with Crippen LogP contribution in [0.2, 0.25) is 0 Å². The van der Waals surface area contributed by atoms with Gasteiger partial charge in [-0.1, -0.05) is 15.9 Å². The predicted molar refractivity (Wildman–Crippen MR) is 61.3 cm³/mol. The summed E-state index contributed by atoms with van der Waals surface area (Å²) in [6.45, 7) is -0.389. The van der Waals surface area contributed by atoms with Gasteiger partial charge in [-0.25, -0.2) is 0 Å². The van der Waals surface area contributed by atoms with Crippen LogP contribution >= 0.6 is 27.7 Å². The fraction of sp³-hybridized carbons (Fsp3) is 0.333. The lowest BCUT2D eigenvalue weighted by Crippen LogP contribution is -2.15. The normalized spacial score (nSPS) is 11.8. The van der Waals surface area contributed by atoms with Crippen molar-refractivity contribution in [2.75, 3.05) is 18.1 Å². The number of alkyl halides is 3. The van der Waals surface area contributed by atoms with E-state index in [0.29, 0.717) is 5.69 Å². The summed E-state index contributed by atoms with van der Waals surface area (Å²) in [7, 11) is 0. The van der Waals surface area contributed by atoms with Crippen molar-refractivity contribution in [1.29, 1.82) is 0 Å². The summed E-state index contributed by atoms with van der Waals surface area (Å²) in [4.78, 5) is 0.736. The lowest BCUT2D eigenvalue weighted by Gasteiger charge is -2.08. The smallest absolute Gasteiger partial charge is 0.398 e. The van der Waals surface area contributed by atoms with Gasteiger partial charge in [-0.05, 0) is 18.2 Å². The number of halogens is 4. The third-order valence-corrected chi connectivity index (χ3v) is 3.11. The molecule has 0 saturated heterocycles. The Hall–Kier alpha value is -0.400. The van der Waals surface area contributed by atoms with E-state index in [1.165, 1.54) is 11.8 Å². The third kappa shape index (κ3) is 5.09. The topological polar surface area (TPSA) is 35.2 Å². The highest BCUT2D eigenvalue weighted by atomic mass is 79.9. The summed E-state index contributed by atoms with van der Waals surface area (Å²) in [6, 6.07) is 5.22. The number of ether oxygens (including phenoxy) is 1. The van der Waals surface area contributed by atoms with Gasteiger partial charge in [0.1, 0.15) is 0 Å². The van der Waals surface area contributed by atoms with Crippen LogP contribution < -0.4 is 5.73 Å². The molecule has 0 spiro atoms. The van der Waals surface area contributed by atoms with Gasteiger partial charge in [0.05, 0.1) is 6.61 Å². The second kappa shape index (κ2) is 5.79. The zero-order valence-corrected chi connectivity index (χ0v) is 10.5.